The molecule has 2 atom stereocenters. The number of nitrogens with one attached hydrogen (secondary N) is 1. The first kappa shape index (κ1) is 12.4. The number of carboxylic acids is 1. The van der Waals surface area contributed by atoms with Crippen molar-refractivity contribution < 1.29 is 15.0 Å². The smallest absolute Gasteiger partial charge is 0.323 e. The molecule has 13 heavy (non-hydrogen) atoms. The number of aliphatic hydroxyl groups excluding tert-OH is 1. The summed E-state index contributed by atoms with van der Waals surface area (Å²) in [5.74, 6) is -0.463. The number of aliphatic hydroxyl groups is 1. The van der Waals surface area contributed by atoms with E-state index >= 15 is 0 Å². The number of hydrogen-bond donors (Lipinski definition) is 3. The van der Waals surface area contributed by atoms with E-state index in [-0.39, 0.29) is 0 Å². The van der Waals surface area contributed by atoms with Gasteiger partial charge in [-0.15, -0.1) is 0 Å². The van der Waals surface area contributed by atoms with Crippen molar-refractivity contribution in [3.63, 3.8) is 0 Å². The van der Waals surface area contributed by atoms with Gasteiger partial charge in [-0.25, -0.2) is 0 Å². The molecule has 3 N–H and O–H groups in total. The monoisotopic (exact) mass is 189 g/mol. The quantitative estimate of drug-likeness (QED) is 0.567. The molecule has 4 heteroatoms. The fourth-order valence-electron chi connectivity index (χ4n) is 0.992. The molecule has 0 aliphatic heterocycles. The van der Waals surface area contributed by atoms with Crippen molar-refractivity contribution in [2.45, 2.75) is 39.3 Å². The lowest BCUT2D eigenvalue weighted by Gasteiger charge is -2.17. The van der Waals surface area contributed by atoms with Crippen molar-refractivity contribution in [2.24, 2.45) is 5.92 Å². The highest BCUT2D eigenvalue weighted by atomic mass is 16.4. The normalized spacial score (nSPS) is 15.8. The lowest BCUT2D eigenvalue weighted by molar-refractivity contribution is -0.142. The van der Waals surface area contributed by atoms with Crippen LogP contribution in [-0.2, 0) is 4.79 Å². The van der Waals surface area contributed by atoms with Crippen LogP contribution in [0.3, 0.4) is 0 Å². The Morgan fingerprint density at radius 2 is 1.92 bits per heavy atom. The Hall–Kier alpha value is -0.610. The minimum Gasteiger partial charge on any atom is -0.480 e. The third-order valence-corrected chi connectivity index (χ3v) is 1.83. The molecule has 0 aliphatic carbocycles. The zero-order valence-electron chi connectivity index (χ0n) is 8.45. The van der Waals surface area contributed by atoms with Gasteiger partial charge in [0.05, 0.1) is 6.10 Å². The Balaban J connectivity index is 3.77. The van der Waals surface area contributed by atoms with Crippen LogP contribution in [0.5, 0.6) is 0 Å². The number of carbonyl (C=O) groups is 1. The van der Waals surface area contributed by atoms with Crippen LogP contribution in [0.1, 0.15) is 27.2 Å². The first-order chi connectivity index (χ1) is 5.95. The minimum atomic E-state index is -1.00. The number of rotatable bonds is 6. The van der Waals surface area contributed by atoms with Crippen molar-refractivity contribution in [3.8, 4) is 0 Å². The van der Waals surface area contributed by atoms with Crippen LogP contribution >= 0.6 is 0 Å². The molecule has 0 bridgehead atoms. The van der Waals surface area contributed by atoms with Gasteiger partial charge in [0, 0.05) is 0 Å². The van der Waals surface area contributed by atoms with E-state index in [1.807, 2.05) is 0 Å². The molecule has 0 heterocycles. The lowest BCUT2D eigenvalue weighted by atomic mass is 10.1. The van der Waals surface area contributed by atoms with E-state index in [1.165, 1.54) is 6.92 Å². The highest BCUT2D eigenvalue weighted by molar-refractivity contribution is 5.74. The zero-order valence-corrected chi connectivity index (χ0v) is 8.45. The predicted molar refractivity (Wildman–Crippen MR) is 50.6 cm³/mol. The van der Waals surface area contributed by atoms with Gasteiger partial charge in [0.1, 0.15) is 6.04 Å². The number of carboxylic acid groups (broad SMARTS) is 1. The van der Waals surface area contributed by atoms with E-state index in [0.29, 0.717) is 12.5 Å². The summed E-state index contributed by atoms with van der Waals surface area (Å²) in [4.78, 5) is 10.6. The molecule has 0 fully saturated rings. The molecule has 0 saturated heterocycles. The Bertz CT molecular complexity index is 157. The fourth-order valence-corrected chi connectivity index (χ4v) is 0.992. The Morgan fingerprint density at radius 1 is 1.38 bits per heavy atom. The maximum atomic E-state index is 10.6. The van der Waals surface area contributed by atoms with Crippen molar-refractivity contribution in [1.82, 2.24) is 5.32 Å². The Kier molecular flexibility index (Phi) is 5.66. The first-order valence-electron chi connectivity index (χ1n) is 4.59. The summed E-state index contributed by atoms with van der Waals surface area (Å²) in [6, 6.07) is -0.848. The summed E-state index contributed by atoms with van der Waals surface area (Å²) >= 11 is 0. The summed E-state index contributed by atoms with van der Waals surface area (Å²) < 4.78 is 0. The van der Waals surface area contributed by atoms with Crippen molar-refractivity contribution >= 4 is 5.97 Å². The molecule has 0 amide bonds. The van der Waals surface area contributed by atoms with Gasteiger partial charge >= 0.3 is 5.97 Å². The molecule has 4 nitrogen and oxygen atoms in total. The molecule has 0 aromatic carbocycles. The molecular weight excluding hydrogens is 170 g/mol. The average Bonchev–Trinajstić information content (AvgIpc) is 1.95. The van der Waals surface area contributed by atoms with Crippen LogP contribution in [0, 0.1) is 5.92 Å². The topological polar surface area (TPSA) is 69.6 Å². The van der Waals surface area contributed by atoms with Gasteiger partial charge in [-0.1, -0.05) is 13.8 Å². The first-order valence-corrected chi connectivity index (χ1v) is 4.59. The molecule has 0 spiro atoms. The van der Waals surface area contributed by atoms with Crippen molar-refractivity contribution in [1.29, 1.82) is 0 Å². The Morgan fingerprint density at radius 3 is 2.23 bits per heavy atom. The van der Waals surface area contributed by atoms with Crippen molar-refractivity contribution in [2.75, 3.05) is 6.54 Å². The number of aliphatic carboxylic acids is 1. The summed E-state index contributed by atoms with van der Waals surface area (Å²) in [5.41, 5.74) is 0. The largest absolute Gasteiger partial charge is 0.480 e. The van der Waals surface area contributed by atoms with E-state index < -0.39 is 18.1 Å². The molecule has 0 aromatic heterocycles. The standard InChI is InChI=1S/C9H19NO3/c1-6(2)4-5-10-8(7(3)11)9(12)13/h6-8,10-11H,4-5H2,1-3H3,(H,12,13). The SMILES string of the molecule is CC(C)CCNC(C(=O)O)C(C)O. The summed E-state index contributed by atoms with van der Waals surface area (Å²) in [6.45, 7) is 6.24. The molecular formula is C9H19NO3. The summed E-state index contributed by atoms with van der Waals surface area (Å²) in [5, 5.41) is 20.6. The second-order valence-electron chi connectivity index (χ2n) is 3.69. The van der Waals surface area contributed by atoms with E-state index in [1.54, 1.807) is 0 Å². The van der Waals surface area contributed by atoms with Crippen LogP contribution in [0.15, 0.2) is 0 Å². The zero-order chi connectivity index (χ0) is 10.4. The molecule has 78 valence electrons. The molecule has 0 saturated carbocycles. The average molecular weight is 189 g/mol. The predicted octanol–water partition coefficient (Wildman–Crippen LogP) is 0.456. The second kappa shape index (κ2) is 5.94. The van der Waals surface area contributed by atoms with Crippen LogP contribution < -0.4 is 5.32 Å². The van der Waals surface area contributed by atoms with Crippen LogP contribution in [0.2, 0.25) is 0 Å². The second-order valence-corrected chi connectivity index (χ2v) is 3.69. The third-order valence-electron chi connectivity index (χ3n) is 1.83. The highest BCUT2D eigenvalue weighted by Crippen LogP contribution is 1.99. The lowest BCUT2D eigenvalue weighted by Crippen LogP contribution is -2.45. The van der Waals surface area contributed by atoms with E-state index in [4.69, 9.17) is 10.2 Å². The summed E-state index contributed by atoms with van der Waals surface area (Å²) in [6.07, 6.45) is 0.0564. The molecule has 0 aliphatic rings. The van der Waals surface area contributed by atoms with Gasteiger partial charge in [-0.3, -0.25) is 4.79 Å². The number of hydrogen-bond acceptors (Lipinski definition) is 3. The highest BCUT2D eigenvalue weighted by Gasteiger charge is 2.21. The molecule has 2 unspecified atom stereocenters. The molecule has 0 rings (SSSR count). The van der Waals surface area contributed by atoms with Gasteiger partial charge in [0.2, 0.25) is 0 Å². The van der Waals surface area contributed by atoms with Gasteiger partial charge in [0.15, 0.2) is 0 Å². The Labute approximate surface area is 79.0 Å². The van der Waals surface area contributed by atoms with Crippen molar-refractivity contribution in [3.05, 3.63) is 0 Å². The van der Waals surface area contributed by atoms with Crippen LogP contribution in [-0.4, -0.2) is 34.9 Å². The van der Waals surface area contributed by atoms with Gasteiger partial charge in [-0.2, -0.15) is 0 Å². The van der Waals surface area contributed by atoms with E-state index in [0.717, 1.165) is 6.42 Å². The third kappa shape index (κ3) is 5.60. The summed E-state index contributed by atoms with van der Waals surface area (Å²) in [7, 11) is 0. The minimum absolute atomic E-state index is 0.538. The van der Waals surface area contributed by atoms with E-state index in [9.17, 15) is 4.79 Å². The van der Waals surface area contributed by atoms with Gasteiger partial charge in [-0.05, 0) is 25.8 Å². The fraction of sp³-hybridized carbons (Fsp3) is 0.889. The maximum Gasteiger partial charge on any atom is 0.323 e. The van der Waals surface area contributed by atoms with Gasteiger partial charge < -0.3 is 15.5 Å². The van der Waals surface area contributed by atoms with Crippen LogP contribution in [0.25, 0.3) is 0 Å². The molecule has 0 radical (unpaired) electrons. The maximum absolute atomic E-state index is 10.6. The molecule has 0 aromatic rings. The van der Waals surface area contributed by atoms with Gasteiger partial charge in [0.25, 0.3) is 0 Å². The van der Waals surface area contributed by atoms with Crippen LogP contribution in [0.4, 0.5) is 0 Å². The van der Waals surface area contributed by atoms with E-state index in [2.05, 4.69) is 19.2 Å².